The summed E-state index contributed by atoms with van der Waals surface area (Å²) in [7, 11) is 0. The number of carbonyl (C=O) groups excluding carboxylic acids is 1. The van der Waals surface area contributed by atoms with Gasteiger partial charge in [-0.3, -0.25) is 9.78 Å². The first kappa shape index (κ1) is 13.5. The fourth-order valence-corrected chi connectivity index (χ4v) is 2.46. The van der Waals surface area contributed by atoms with Crippen LogP contribution in [0.4, 0.5) is 5.82 Å². The number of aromatic nitrogens is 2. The highest BCUT2D eigenvalue weighted by Crippen LogP contribution is 2.15. The van der Waals surface area contributed by atoms with E-state index in [4.69, 9.17) is 0 Å². The number of rotatable bonds is 2. The van der Waals surface area contributed by atoms with Crippen LogP contribution in [-0.4, -0.2) is 47.0 Å². The highest BCUT2D eigenvalue weighted by Gasteiger charge is 2.22. The van der Waals surface area contributed by atoms with Gasteiger partial charge in [0.15, 0.2) is 0 Å². The molecule has 0 spiro atoms. The largest absolute Gasteiger partial charge is 0.353 e. The third-order valence-electron chi connectivity index (χ3n) is 3.70. The van der Waals surface area contributed by atoms with Gasteiger partial charge in [-0.25, -0.2) is 4.98 Å². The zero-order valence-corrected chi connectivity index (χ0v) is 12.1. The molecular weight excluding hydrogens is 264 g/mol. The van der Waals surface area contributed by atoms with Gasteiger partial charge >= 0.3 is 0 Å². The van der Waals surface area contributed by atoms with E-state index in [1.54, 1.807) is 18.5 Å². The van der Waals surface area contributed by atoms with E-state index >= 15 is 0 Å². The SMILES string of the molecule is Cc1ccc(N2CCN(C(=O)c3cccnc3)CC2)nc1. The van der Waals surface area contributed by atoms with Crippen LogP contribution in [0.3, 0.4) is 0 Å². The Morgan fingerprint density at radius 3 is 2.52 bits per heavy atom. The second kappa shape index (κ2) is 5.91. The number of hydrogen-bond donors (Lipinski definition) is 0. The molecule has 21 heavy (non-hydrogen) atoms. The molecule has 3 heterocycles. The molecule has 1 aliphatic heterocycles. The van der Waals surface area contributed by atoms with Gasteiger partial charge < -0.3 is 9.80 Å². The molecule has 5 nitrogen and oxygen atoms in total. The lowest BCUT2D eigenvalue weighted by Gasteiger charge is -2.35. The van der Waals surface area contributed by atoms with Crippen LogP contribution in [0.1, 0.15) is 15.9 Å². The third-order valence-corrected chi connectivity index (χ3v) is 3.70. The minimum Gasteiger partial charge on any atom is -0.353 e. The molecule has 0 atom stereocenters. The van der Waals surface area contributed by atoms with E-state index in [9.17, 15) is 4.79 Å². The van der Waals surface area contributed by atoms with Crippen molar-refractivity contribution in [3.63, 3.8) is 0 Å². The summed E-state index contributed by atoms with van der Waals surface area (Å²) in [4.78, 5) is 24.9. The molecular formula is C16H18N4O. The van der Waals surface area contributed by atoms with Crippen LogP contribution in [-0.2, 0) is 0 Å². The molecule has 5 heteroatoms. The highest BCUT2D eigenvalue weighted by atomic mass is 16.2. The van der Waals surface area contributed by atoms with Crippen LogP contribution in [0.5, 0.6) is 0 Å². The second-order valence-electron chi connectivity index (χ2n) is 5.21. The zero-order valence-electron chi connectivity index (χ0n) is 12.1. The van der Waals surface area contributed by atoms with E-state index in [1.165, 1.54) is 0 Å². The number of pyridine rings is 2. The third kappa shape index (κ3) is 3.02. The topological polar surface area (TPSA) is 49.3 Å². The van der Waals surface area contributed by atoms with Crippen molar-refractivity contribution in [3.8, 4) is 0 Å². The summed E-state index contributed by atoms with van der Waals surface area (Å²) < 4.78 is 0. The van der Waals surface area contributed by atoms with Crippen molar-refractivity contribution in [1.82, 2.24) is 14.9 Å². The van der Waals surface area contributed by atoms with Crippen LogP contribution in [0, 0.1) is 6.92 Å². The maximum absolute atomic E-state index is 12.3. The Morgan fingerprint density at radius 1 is 1.10 bits per heavy atom. The molecule has 108 valence electrons. The van der Waals surface area contributed by atoms with Crippen molar-refractivity contribution in [2.24, 2.45) is 0 Å². The Balaban J connectivity index is 1.63. The van der Waals surface area contributed by atoms with Crippen molar-refractivity contribution >= 4 is 11.7 Å². The van der Waals surface area contributed by atoms with Crippen molar-refractivity contribution in [2.75, 3.05) is 31.1 Å². The number of piperazine rings is 1. The Bertz CT molecular complexity index is 604. The molecule has 1 amide bonds. The minimum atomic E-state index is 0.0552. The number of hydrogen-bond acceptors (Lipinski definition) is 4. The summed E-state index contributed by atoms with van der Waals surface area (Å²) in [6.45, 7) is 5.07. The van der Waals surface area contributed by atoms with Crippen LogP contribution >= 0.6 is 0 Å². The summed E-state index contributed by atoms with van der Waals surface area (Å²) in [5.41, 5.74) is 1.81. The monoisotopic (exact) mass is 282 g/mol. The van der Waals surface area contributed by atoms with Gasteiger partial charge in [-0.1, -0.05) is 6.07 Å². The van der Waals surface area contributed by atoms with Gasteiger partial charge in [-0.2, -0.15) is 0 Å². The molecule has 0 radical (unpaired) electrons. The van der Waals surface area contributed by atoms with Crippen molar-refractivity contribution in [1.29, 1.82) is 0 Å². The molecule has 0 N–H and O–H groups in total. The first-order valence-corrected chi connectivity index (χ1v) is 7.11. The molecule has 1 fully saturated rings. The lowest BCUT2D eigenvalue weighted by Crippen LogP contribution is -2.49. The smallest absolute Gasteiger partial charge is 0.255 e. The number of aryl methyl sites for hydroxylation is 1. The summed E-state index contributed by atoms with van der Waals surface area (Å²) >= 11 is 0. The van der Waals surface area contributed by atoms with E-state index in [1.807, 2.05) is 30.2 Å². The molecule has 0 unspecified atom stereocenters. The first-order chi connectivity index (χ1) is 10.2. The number of anilines is 1. The normalized spacial score (nSPS) is 15.1. The summed E-state index contributed by atoms with van der Waals surface area (Å²) in [6.07, 6.45) is 5.18. The molecule has 3 rings (SSSR count). The van der Waals surface area contributed by atoms with Crippen molar-refractivity contribution in [2.45, 2.75) is 6.92 Å². The Labute approximate surface area is 124 Å². The number of carbonyl (C=O) groups is 1. The van der Waals surface area contributed by atoms with E-state index in [0.717, 1.165) is 24.5 Å². The molecule has 0 bridgehead atoms. The van der Waals surface area contributed by atoms with Gasteiger partial charge in [-0.15, -0.1) is 0 Å². The van der Waals surface area contributed by atoms with E-state index in [2.05, 4.69) is 20.9 Å². The fraction of sp³-hybridized carbons (Fsp3) is 0.312. The van der Waals surface area contributed by atoms with Crippen molar-refractivity contribution in [3.05, 3.63) is 54.0 Å². The van der Waals surface area contributed by atoms with Crippen LogP contribution in [0.25, 0.3) is 0 Å². The van der Waals surface area contributed by atoms with Crippen LogP contribution < -0.4 is 4.90 Å². The van der Waals surface area contributed by atoms with Crippen LogP contribution in [0.15, 0.2) is 42.9 Å². The average molecular weight is 282 g/mol. The van der Waals surface area contributed by atoms with Crippen molar-refractivity contribution < 1.29 is 4.79 Å². The maximum atomic E-state index is 12.3. The second-order valence-corrected chi connectivity index (χ2v) is 5.21. The molecule has 1 aliphatic rings. The fourth-order valence-electron chi connectivity index (χ4n) is 2.46. The summed E-state index contributed by atoms with van der Waals surface area (Å²) in [5.74, 6) is 1.04. The number of nitrogens with zero attached hydrogens (tertiary/aromatic N) is 4. The van der Waals surface area contributed by atoms with Gasteiger partial charge in [0, 0.05) is 44.8 Å². The van der Waals surface area contributed by atoms with Gasteiger partial charge in [-0.05, 0) is 30.7 Å². The quantitative estimate of drug-likeness (QED) is 0.842. The minimum absolute atomic E-state index is 0.0552. The van der Waals surface area contributed by atoms with Gasteiger partial charge in [0.25, 0.3) is 5.91 Å². The van der Waals surface area contributed by atoms with Gasteiger partial charge in [0.2, 0.25) is 0 Å². The summed E-state index contributed by atoms with van der Waals surface area (Å²) in [5, 5.41) is 0. The Kier molecular flexibility index (Phi) is 3.81. The molecule has 0 aromatic carbocycles. The molecule has 2 aromatic rings. The lowest BCUT2D eigenvalue weighted by molar-refractivity contribution is 0.0746. The van der Waals surface area contributed by atoms with Gasteiger partial charge in [0.1, 0.15) is 5.82 Å². The standard InChI is InChI=1S/C16H18N4O/c1-13-4-5-15(18-11-13)19-7-9-20(10-8-19)16(21)14-3-2-6-17-12-14/h2-6,11-12H,7-10H2,1H3. The van der Waals surface area contributed by atoms with E-state index in [-0.39, 0.29) is 5.91 Å². The Morgan fingerprint density at radius 2 is 1.90 bits per heavy atom. The molecule has 0 aliphatic carbocycles. The lowest BCUT2D eigenvalue weighted by atomic mass is 10.2. The molecule has 0 saturated carbocycles. The van der Waals surface area contributed by atoms with E-state index in [0.29, 0.717) is 18.7 Å². The first-order valence-electron chi connectivity index (χ1n) is 7.11. The predicted molar refractivity (Wildman–Crippen MR) is 81.3 cm³/mol. The Hall–Kier alpha value is -2.43. The summed E-state index contributed by atoms with van der Waals surface area (Å²) in [6, 6.07) is 7.70. The highest BCUT2D eigenvalue weighted by molar-refractivity contribution is 5.94. The molecule has 1 saturated heterocycles. The van der Waals surface area contributed by atoms with Gasteiger partial charge in [0.05, 0.1) is 5.56 Å². The zero-order chi connectivity index (χ0) is 14.7. The number of amides is 1. The maximum Gasteiger partial charge on any atom is 0.255 e. The predicted octanol–water partition coefficient (Wildman–Crippen LogP) is 1.75. The molecule has 2 aromatic heterocycles. The van der Waals surface area contributed by atoms with E-state index < -0.39 is 0 Å². The van der Waals surface area contributed by atoms with Crippen LogP contribution in [0.2, 0.25) is 0 Å². The average Bonchev–Trinajstić information content (AvgIpc) is 2.56.